The topological polar surface area (TPSA) is 21.3 Å². The summed E-state index contributed by atoms with van der Waals surface area (Å²) in [5.74, 6) is 0.551. The normalized spacial score (nSPS) is 27.5. The molecule has 18 heavy (non-hydrogen) atoms. The Kier molecular flexibility index (Phi) is 3.63. The maximum atomic E-state index is 6.13. The first-order chi connectivity index (χ1) is 8.61. The number of fused-ring (bicyclic) bond motifs is 2. The third-order valence-electron chi connectivity index (χ3n) is 3.47. The smallest absolute Gasteiger partial charge is 0.156 e. The Morgan fingerprint density at radius 1 is 1.17 bits per heavy atom. The van der Waals surface area contributed by atoms with Crippen molar-refractivity contribution in [2.75, 3.05) is 0 Å². The number of ether oxygens (including phenoxy) is 1. The van der Waals surface area contributed by atoms with Gasteiger partial charge in [-0.3, -0.25) is 0 Å². The molecule has 2 aliphatic rings. The molecule has 2 bridgehead atoms. The summed E-state index contributed by atoms with van der Waals surface area (Å²) in [6.45, 7) is 0. The Hall–Kier alpha value is -0.150. The van der Waals surface area contributed by atoms with Crippen LogP contribution < -0.4 is 10.1 Å². The van der Waals surface area contributed by atoms with Crippen molar-refractivity contribution < 1.29 is 4.74 Å². The molecule has 2 heterocycles. The first kappa shape index (κ1) is 12.9. The molecule has 2 fully saturated rings. The van der Waals surface area contributed by atoms with Gasteiger partial charge in [-0.2, -0.15) is 0 Å². The Balaban J connectivity index is 1.77. The Labute approximate surface area is 122 Å². The van der Waals surface area contributed by atoms with Crippen molar-refractivity contribution in [2.24, 2.45) is 0 Å². The number of piperidine rings is 1. The van der Waals surface area contributed by atoms with Crippen LogP contribution in [0.15, 0.2) is 12.1 Å². The monoisotopic (exact) mass is 304 g/mol. The average Bonchev–Trinajstić information content (AvgIpc) is 2.63. The Bertz CT molecular complexity index is 431. The standard InChI is InChI=1S/C13H13Cl3NO/c14-7-3-11(15)13(12(16)4-7)18-10-5-8-1-2-9(6-10)17-8/h3-4,8,10,17H,1-2,5-6H2. The van der Waals surface area contributed by atoms with Gasteiger partial charge in [-0.15, -0.1) is 0 Å². The van der Waals surface area contributed by atoms with Gasteiger partial charge in [0.15, 0.2) is 5.75 Å². The second-order valence-electron chi connectivity index (χ2n) is 4.86. The molecule has 97 valence electrons. The largest absolute Gasteiger partial charge is 0.487 e. The quantitative estimate of drug-likeness (QED) is 0.870. The minimum absolute atomic E-state index is 0.157. The third-order valence-corrected chi connectivity index (χ3v) is 4.25. The zero-order valence-electron chi connectivity index (χ0n) is 9.68. The summed E-state index contributed by atoms with van der Waals surface area (Å²) < 4.78 is 5.97. The van der Waals surface area contributed by atoms with Crippen molar-refractivity contribution in [3.63, 3.8) is 0 Å². The van der Waals surface area contributed by atoms with Crippen molar-refractivity contribution in [3.8, 4) is 5.75 Å². The highest BCUT2D eigenvalue weighted by Gasteiger charge is 2.35. The fourth-order valence-electron chi connectivity index (χ4n) is 2.69. The zero-order chi connectivity index (χ0) is 12.7. The minimum atomic E-state index is 0.157. The highest BCUT2D eigenvalue weighted by molar-refractivity contribution is 6.40. The predicted octanol–water partition coefficient (Wildman–Crippen LogP) is 4.47. The molecule has 1 aromatic rings. The second-order valence-corrected chi connectivity index (χ2v) is 6.11. The van der Waals surface area contributed by atoms with Crippen LogP contribution >= 0.6 is 34.8 Å². The predicted molar refractivity (Wildman–Crippen MR) is 74.5 cm³/mol. The second kappa shape index (κ2) is 5.09. The average molecular weight is 306 g/mol. The first-order valence-electron chi connectivity index (χ1n) is 6.04. The summed E-state index contributed by atoms with van der Waals surface area (Å²) in [6, 6.07) is 5.25. The lowest BCUT2D eigenvalue weighted by Gasteiger charge is -2.29. The molecule has 2 aliphatic heterocycles. The highest BCUT2D eigenvalue weighted by atomic mass is 35.5. The number of nitrogens with one attached hydrogen (secondary N) is 1. The van der Waals surface area contributed by atoms with Gasteiger partial charge in [0.2, 0.25) is 0 Å². The molecular formula is C13H13Cl3NO. The molecule has 2 nitrogen and oxygen atoms in total. The highest BCUT2D eigenvalue weighted by Crippen LogP contribution is 2.39. The molecule has 1 radical (unpaired) electrons. The molecule has 0 saturated carbocycles. The molecule has 0 aromatic heterocycles. The fraction of sp³-hybridized carbons (Fsp3) is 0.462. The SMILES string of the molecule is Clc1cc(Cl)c(OC2C[C]3CCC(C2)N3)c(Cl)c1. The van der Waals surface area contributed by atoms with Crippen LogP contribution in [0.5, 0.6) is 5.75 Å². The molecule has 2 saturated heterocycles. The van der Waals surface area contributed by atoms with Gasteiger partial charge in [0.05, 0.1) is 10.0 Å². The van der Waals surface area contributed by atoms with Gasteiger partial charge in [0, 0.05) is 23.5 Å². The van der Waals surface area contributed by atoms with Gasteiger partial charge in [-0.1, -0.05) is 34.8 Å². The third kappa shape index (κ3) is 2.57. The van der Waals surface area contributed by atoms with Crippen LogP contribution in [0, 0.1) is 6.04 Å². The number of hydrogen-bond acceptors (Lipinski definition) is 2. The molecule has 1 aromatic carbocycles. The lowest BCUT2D eigenvalue weighted by Crippen LogP contribution is -2.38. The molecule has 0 aliphatic carbocycles. The van der Waals surface area contributed by atoms with Gasteiger partial charge >= 0.3 is 0 Å². The van der Waals surface area contributed by atoms with E-state index in [-0.39, 0.29) is 6.10 Å². The number of rotatable bonds is 2. The van der Waals surface area contributed by atoms with Gasteiger partial charge in [0.1, 0.15) is 6.10 Å². The van der Waals surface area contributed by atoms with E-state index in [9.17, 15) is 0 Å². The van der Waals surface area contributed by atoms with E-state index in [4.69, 9.17) is 39.5 Å². The zero-order valence-corrected chi connectivity index (χ0v) is 11.9. The van der Waals surface area contributed by atoms with E-state index in [2.05, 4.69) is 5.32 Å². The molecule has 5 heteroatoms. The Morgan fingerprint density at radius 3 is 2.56 bits per heavy atom. The molecular weight excluding hydrogens is 293 g/mol. The summed E-state index contributed by atoms with van der Waals surface area (Å²) in [6.07, 6.45) is 4.46. The van der Waals surface area contributed by atoms with Crippen molar-refractivity contribution in [2.45, 2.75) is 37.8 Å². The maximum absolute atomic E-state index is 6.13. The van der Waals surface area contributed by atoms with Crippen LogP contribution in [0.4, 0.5) is 0 Å². The van der Waals surface area contributed by atoms with Crippen LogP contribution in [0.3, 0.4) is 0 Å². The molecule has 0 amide bonds. The van der Waals surface area contributed by atoms with E-state index >= 15 is 0 Å². The van der Waals surface area contributed by atoms with Crippen molar-refractivity contribution in [1.82, 2.24) is 5.32 Å². The minimum Gasteiger partial charge on any atom is -0.487 e. The summed E-state index contributed by atoms with van der Waals surface area (Å²) in [5, 5.41) is 4.97. The van der Waals surface area contributed by atoms with Gasteiger partial charge < -0.3 is 10.1 Å². The van der Waals surface area contributed by atoms with Crippen molar-refractivity contribution >= 4 is 34.8 Å². The first-order valence-corrected chi connectivity index (χ1v) is 7.17. The Morgan fingerprint density at radius 2 is 1.89 bits per heavy atom. The van der Waals surface area contributed by atoms with Crippen LogP contribution in [0.1, 0.15) is 25.7 Å². The molecule has 2 unspecified atom stereocenters. The van der Waals surface area contributed by atoms with E-state index in [0.29, 0.717) is 26.9 Å². The summed E-state index contributed by atoms with van der Waals surface area (Å²) in [7, 11) is 0. The number of hydrogen-bond donors (Lipinski definition) is 1. The van der Waals surface area contributed by atoms with Crippen molar-refractivity contribution in [3.05, 3.63) is 33.2 Å². The summed E-state index contributed by atoms with van der Waals surface area (Å²) >= 11 is 18.1. The van der Waals surface area contributed by atoms with Gasteiger partial charge in [0.25, 0.3) is 0 Å². The van der Waals surface area contributed by atoms with E-state index in [1.54, 1.807) is 12.1 Å². The summed E-state index contributed by atoms with van der Waals surface area (Å²) in [5.41, 5.74) is 0. The number of benzene rings is 1. The summed E-state index contributed by atoms with van der Waals surface area (Å²) in [4.78, 5) is 0. The lowest BCUT2D eigenvalue weighted by molar-refractivity contribution is 0.156. The van der Waals surface area contributed by atoms with Crippen LogP contribution in [0.25, 0.3) is 0 Å². The van der Waals surface area contributed by atoms with E-state index in [0.717, 1.165) is 19.3 Å². The number of halogens is 3. The van der Waals surface area contributed by atoms with Crippen LogP contribution in [-0.4, -0.2) is 12.1 Å². The van der Waals surface area contributed by atoms with Gasteiger partial charge in [-0.05, 0) is 31.4 Å². The molecule has 1 N–H and O–H groups in total. The molecule has 3 rings (SSSR count). The van der Waals surface area contributed by atoms with E-state index in [1.807, 2.05) is 0 Å². The molecule has 0 spiro atoms. The van der Waals surface area contributed by atoms with E-state index < -0.39 is 0 Å². The lowest BCUT2D eigenvalue weighted by atomic mass is 10.0. The fourth-order valence-corrected chi connectivity index (χ4v) is 3.60. The van der Waals surface area contributed by atoms with E-state index in [1.165, 1.54) is 12.5 Å². The van der Waals surface area contributed by atoms with Crippen LogP contribution in [-0.2, 0) is 0 Å². The van der Waals surface area contributed by atoms with Gasteiger partial charge in [-0.25, -0.2) is 0 Å². The van der Waals surface area contributed by atoms with Crippen molar-refractivity contribution in [1.29, 1.82) is 0 Å². The maximum Gasteiger partial charge on any atom is 0.156 e. The van der Waals surface area contributed by atoms with Crippen LogP contribution in [0.2, 0.25) is 15.1 Å². The molecule has 2 atom stereocenters.